The molecule has 0 aliphatic carbocycles. The molecule has 7 heteroatoms. The molecule has 0 heterocycles. The number of rotatable bonds is 4. The van der Waals surface area contributed by atoms with E-state index < -0.39 is 9.05 Å². The second-order valence-electron chi connectivity index (χ2n) is 4.70. The molecule has 0 aromatic heterocycles. The second kappa shape index (κ2) is 6.54. The van der Waals surface area contributed by atoms with Crippen LogP contribution in [-0.2, 0) is 9.05 Å². The molecule has 2 aromatic rings. The molecule has 0 radical (unpaired) electrons. The number of hydrogen-bond donors (Lipinski definition) is 1. The lowest BCUT2D eigenvalue weighted by molar-refractivity contribution is 0.217. The average molecular weight is 341 g/mol. The van der Waals surface area contributed by atoms with Gasteiger partial charge in [-0.25, -0.2) is 13.2 Å². The van der Waals surface area contributed by atoms with E-state index in [1.165, 1.54) is 6.07 Å². The lowest BCUT2D eigenvalue weighted by atomic mass is 10.1. The number of anilines is 1. The Labute approximate surface area is 134 Å². The van der Waals surface area contributed by atoms with Gasteiger partial charge < -0.3 is 10.2 Å². The molecular formula is C15H17ClN2O3S. The zero-order valence-electron chi connectivity index (χ0n) is 12.3. The van der Waals surface area contributed by atoms with Gasteiger partial charge in [0.05, 0.1) is 10.6 Å². The van der Waals surface area contributed by atoms with Crippen molar-refractivity contribution in [3.63, 3.8) is 0 Å². The lowest BCUT2D eigenvalue weighted by Gasteiger charge is -2.20. The molecule has 22 heavy (non-hydrogen) atoms. The Kier molecular flexibility index (Phi) is 4.93. The highest BCUT2D eigenvalue weighted by Crippen LogP contribution is 2.30. The van der Waals surface area contributed by atoms with Gasteiger partial charge in [0.2, 0.25) is 0 Å². The molecule has 0 atom stereocenters. The molecule has 0 fully saturated rings. The van der Waals surface area contributed by atoms with E-state index in [0.717, 1.165) is 0 Å². The van der Waals surface area contributed by atoms with Crippen molar-refractivity contribution < 1.29 is 13.2 Å². The summed E-state index contributed by atoms with van der Waals surface area (Å²) in [6.07, 6.45) is 0. The third-order valence-corrected chi connectivity index (χ3v) is 4.82. The minimum absolute atomic E-state index is 0.0330. The van der Waals surface area contributed by atoms with Gasteiger partial charge in [0.25, 0.3) is 9.05 Å². The number of nitrogens with zero attached hydrogens (tertiary/aromatic N) is 1. The predicted molar refractivity (Wildman–Crippen MR) is 88.9 cm³/mol. The normalized spacial score (nSPS) is 11.4. The summed E-state index contributed by atoms with van der Waals surface area (Å²) in [4.78, 5) is 13.8. The molecule has 0 aliphatic rings. The van der Waals surface area contributed by atoms with Crippen LogP contribution in [0.15, 0.2) is 41.3 Å². The first kappa shape index (κ1) is 16.6. The van der Waals surface area contributed by atoms with E-state index in [9.17, 15) is 13.2 Å². The van der Waals surface area contributed by atoms with Crippen LogP contribution in [0.1, 0.15) is 13.8 Å². The van der Waals surface area contributed by atoms with Gasteiger partial charge in [-0.1, -0.05) is 24.3 Å². The monoisotopic (exact) mass is 340 g/mol. The Hall–Kier alpha value is -1.79. The van der Waals surface area contributed by atoms with Crippen LogP contribution in [0.2, 0.25) is 0 Å². The van der Waals surface area contributed by atoms with Crippen LogP contribution in [0.5, 0.6) is 0 Å². The first-order valence-electron chi connectivity index (χ1n) is 6.90. The number of benzene rings is 2. The standard InChI is InChI=1S/C15H17ClN2O3S/c1-3-18(4-2)15(19)17-13-9-5-8-12-11(13)7-6-10-14(12)22(16,20)21/h5-10H,3-4H2,1-2H3,(H,17,19). The molecule has 2 rings (SSSR count). The number of nitrogens with one attached hydrogen (secondary N) is 1. The number of carbonyl (C=O) groups is 1. The number of amides is 2. The van der Waals surface area contributed by atoms with E-state index >= 15 is 0 Å². The van der Waals surface area contributed by atoms with Crippen LogP contribution in [0.3, 0.4) is 0 Å². The minimum Gasteiger partial charge on any atom is -0.325 e. The summed E-state index contributed by atoms with van der Waals surface area (Å²) in [5, 5.41) is 3.93. The van der Waals surface area contributed by atoms with Crippen LogP contribution in [-0.4, -0.2) is 32.4 Å². The van der Waals surface area contributed by atoms with E-state index in [1.54, 1.807) is 35.2 Å². The SMILES string of the molecule is CCN(CC)C(=O)Nc1cccc2c(S(=O)(=O)Cl)cccc12. The zero-order chi connectivity index (χ0) is 16.3. The van der Waals surface area contributed by atoms with E-state index in [-0.39, 0.29) is 10.9 Å². The van der Waals surface area contributed by atoms with Crippen molar-refractivity contribution in [1.29, 1.82) is 0 Å². The largest absolute Gasteiger partial charge is 0.325 e. The molecule has 0 aliphatic heterocycles. The second-order valence-corrected chi connectivity index (χ2v) is 7.23. The first-order valence-corrected chi connectivity index (χ1v) is 9.21. The van der Waals surface area contributed by atoms with E-state index in [1.807, 2.05) is 13.8 Å². The Bertz CT molecular complexity index is 802. The Morgan fingerprint density at radius 2 is 1.68 bits per heavy atom. The smallest absolute Gasteiger partial charge is 0.321 e. The van der Waals surface area contributed by atoms with Crippen molar-refractivity contribution in [3.8, 4) is 0 Å². The van der Waals surface area contributed by atoms with Crippen LogP contribution in [0, 0.1) is 0 Å². The van der Waals surface area contributed by atoms with Crippen LogP contribution in [0.4, 0.5) is 10.5 Å². The maximum atomic E-state index is 12.2. The van der Waals surface area contributed by atoms with Crippen molar-refractivity contribution >= 4 is 42.2 Å². The summed E-state index contributed by atoms with van der Waals surface area (Å²) >= 11 is 0. The van der Waals surface area contributed by atoms with Crippen molar-refractivity contribution in [1.82, 2.24) is 4.90 Å². The van der Waals surface area contributed by atoms with E-state index in [4.69, 9.17) is 10.7 Å². The van der Waals surface area contributed by atoms with Crippen LogP contribution < -0.4 is 5.32 Å². The molecule has 0 saturated carbocycles. The summed E-state index contributed by atoms with van der Waals surface area (Å²) in [5.41, 5.74) is 0.552. The van der Waals surface area contributed by atoms with Gasteiger partial charge in [-0.3, -0.25) is 0 Å². The fraction of sp³-hybridized carbons (Fsp3) is 0.267. The summed E-state index contributed by atoms with van der Waals surface area (Å²) < 4.78 is 23.3. The molecule has 2 aromatic carbocycles. The van der Waals surface area contributed by atoms with Crippen molar-refractivity contribution in [2.75, 3.05) is 18.4 Å². The predicted octanol–water partition coefficient (Wildman–Crippen LogP) is 3.64. The van der Waals surface area contributed by atoms with Crippen LogP contribution in [0.25, 0.3) is 10.8 Å². The first-order chi connectivity index (χ1) is 10.4. The van der Waals surface area contributed by atoms with Crippen molar-refractivity contribution in [2.24, 2.45) is 0 Å². The topological polar surface area (TPSA) is 66.5 Å². The maximum Gasteiger partial charge on any atom is 0.321 e. The van der Waals surface area contributed by atoms with E-state index in [0.29, 0.717) is 29.5 Å². The highest BCUT2D eigenvalue weighted by molar-refractivity contribution is 8.14. The summed E-state index contributed by atoms with van der Waals surface area (Å²) in [6.45, 7) is 4.97. The van der Waals surface area contributed by atoms with Gasteiger partial charge in [-0.2, -0.15) is 0 Å². The fourth-order valence-electron chi connectivity index (χ4n) is 2.31. The molecule has 2 amide bonds. The summed E-state index contributed by atoms with van der Waals surface area (Å²) in [7, 11) is 1.62. The molecule has 0 spiro atoms. The molecule has 0 bridgehead atoms. The van der Waals surface area contributed by atoms with Gasteiger partial charge >= 0.3 is 6.03 Å². The van der Waals surface area contributed by atoms with Gasteiger partial charge in [0.15, 0.2) is 0 Å². The summed E-state index contributed by atoms with van der Waals surface area (Å²) in [6, 6.07) is 9.65. The summed E-state index contributed by atoms with van der Waals surface area (Å²) in [5.74, 6) is 0. The number of hydrogen-bond acceptors (Lipinski definition) is 3. The lowest BCUT2D eigenvalue weighted by Crippen LogP contribution is -2.34. The molecule has 118 valence electrons. The highest BCUT2D eigenvalue weighted by Gasteiger charge is 2.16. The molecule has 0 saturated heterocycles. The number of urea groups is 1. The minimum atomic E-state index is -3.85. The Morgan fingerprint density at radius 3 is 2.27 bits per heavy atom. The molecule has 1 N–H and O–H groups in total. The Balaban J connectivity index is 2.51. The average Bonchev–Trinajstić information content (AvgIpc) is 2.47. The van der Waals surface area contributed by atoms with Gasteiger partial charge in [-0.05, 0) is 26.0 Å². The highest BCUT2D eigenvalue weighted by atomic mass is 35.7. The fourth-order valence-corrected chi connectivity index (χ4v) is 3.39. The maximum absolute atomic E-state index is 12.2. The van der Waals surface area contributed by atoms with Gasteiger partial charge in [0, 0.05) is 34.5 Å². The van der Waals surface area contributed by atoms with E-state index in [2.05, 4.69) is 5.32 Å². The van der Waals surface area contributed by atoms with Crippen LogP contribution >= 0.6 is 10.7 Å². The van der Waals surface area contributed by atoms with Gasteiger partial charge in [-0.15, -0.1) is 0 Å². The Morgan fingerprint density at radius 1 is 1.09 bits per heavy atom. The molecular weight excluding hydrogens is 324 g/mol. The molecule has 0 unspecified atom stereocenters. The number of halogens is 1. The number of carbonyl (C=O) groups excluding carboxylic acids is 1. The quantitative estimate of drug-likeness (QED) is 0.864. The third-order valence-electron chi connectivity index (χ3n) is 3.44. The third kappa shape index (κ3) is 3.34. The number of fused-ring (bicyclic) bond motifs is 1. The van der Waals surface area contributed by atoms with Crippen molar-refractivity contribution in [2.45, 2.75) is 18.7 Å². The zero-order valence-corrected chi connectivity index (χ0v) is 13.9. The van der Waals surface area contributed by atoms with Crippen molar-refractivity contribution in [3.05, 3.63) is 36.4 Å². The molecule has 5 nitrogen and oxygen atoms in total. The van der Waals surface area contributed by atoms with Gasteiger partial charge in [0.1, 0.15) is 0 Å².